The van der Waals surface area contributed by atoms with Crippen molar-refractivity contribution in [2.75, 3.05) is 18.5 Å². The monoisotopic (exact) mass is 183 g/mol. The summed E-state index contributed by atoms with van der Waals surface area (Å²) < 4.78 is 5.14. The topological polar surface area (TPSA) is 53.7 Å². The van der Waals surface area contributed by atoms with Crippen LogP contribution in [-0.2, 0) is 0 Å². The van der Waals surface area contributed by atoms with Crippen LogP contribution >= 0.6 is 0 Å². The van der Waals surface area contributed by atoms with Crippen molar-refractivity contribution >= 4 is 12.2 Å². The van der Waals surface area contributed by atoms with E-state index in [4.69, 9.17) is 9.52 Å². The molecule has 0 aromatic carbocycles. The van der Waals surface area contributed by atoms with Crippen LogP contribution in [0.25, 0.3) is 0 Å². The fourth-order valence-electron chi connectivity index (χ4n) is 1.10. The van der Waals surface area contributed by atoms with Gasteiger partial charge in [0.2, 0.25) is 0 Å². The minimum atomic E-state index is -0.421. The Hall–Kier alpha value is -1.29. The Bertz CT molecular complexity index is 280. The molecule has 1 unspecified atom stereocenters. The van der Waals surface area contributed by atoms with Crippen LogP contribution < -0.4 is 4.90 Å². The van der Waals surface area contributed by atoms with Crippen LogP contribution in [0.1, 0.15) is 17.5 Å². The van der Waals surface area contributed by atoms with Crippen LogP contribution in [0.15, 0.2) is 16.5 Å². The maximum Gasteiger partial charge on any atom is 0.196 e. The average molecular weight is 183 g/mol. The Labute approximate surface area is 76.8 Å². The number of aldehydes is 1. The molecule has 0 aliphatic carbocycles. The van der Waals surface area contributed by atoms with Crippen LogP contribution in [0.5, 0.6) is 0 Å². The predicted octanol–water partition coefficient (Wildman–Crippen LogP) is 0.909. The van der Waals surface area contributed by atoms with Gasteiger partial charge in [0.15, 0.2) is 17.9 Å². The molecule has 0 saturated carbocycles. The first-order valence-corrected chi connectivity index (χ1v) is 4.07. The molecule has 0 amide bonds. The van der Waals surface area contributed by atoms with E-state index in [-0.39, 0.29) is 0 Å². The number of carbonyl (C=O) groups is 1. The van der Waals surface area contributed by atoms with Crippen molar-refractivity contribution in [3.63, 3.8) is 0 Å². The van der Waals surface area contributed by atoms with Gasteiger partial charge in [-0.05, 0) is 13.0 Å². The summed E-state index contributed by atoms with van der Waals surface area (Å²) in [5.74, 6) is 0.885. The second kappa shape index (κ2) is 4.09. The highest BCUT2D eigenvalue weighted by Gasteiger charge is 2.08. The molecule has 0 fully saturated rings. The van der Waals surface area contributed by atoms with Gasteiger partial charge in [-0.25, -0.2) is 0 Å². The number of anilines is 1. The van der Waals surface area contributed by atoms with Gasteiger partial charge in [0.25, 0.3) is 0 Å². The largest absolute Gasteiger partial charge is 0.438 e. The van der Waals surface area contributed by atoms with Crippen LogP contribution in [0.2, 0.25) is 0 Å². The summed E-state index contributed by atoms with van der Waals surface area (Å²) >= 11 is 0. The summed E-state index contributed by atoms with van der Waals surface area (Å²) in [7, 11) is 1.79. The number of hydrogen-bond donors (Lipinski definition) is 1. The fourth-order valence-corrected chi connectivity index (χ4v) is 1.10. The Kier molecular flexibility index (Phi) is 3.08. The molecule has 0 saturated heterocycles. The lowest BCUT2D eigenvalue weighted by Crippen LogP contribution is -2.26. The zero-order chi connectivity index (χ0) is 9.84. The Morgan fingerprint density at radius 2 is 2.38 bits per heavy atom. The van der Waals surface area contributed by atoms with Crippen LogP contribution in [-0.4, -0.2) is 31.1 Å². The molecule has 1 atom stereocenters. The third-order valence-electron chi connectivity index (χ3n) is 1.64. The minimum Gasteiger partial charge on any atom is -0.438 e. The molecule has 13 heavy (non-hydrogen) atoms. The van der Waals surface area contributed by atoms with Gasteiger partial charge in [-0.1, -0.05) is 0 Å². The molecule has 4 nitrogen and oxygen atoms in total. The van der Waals surface area contributed by atoms with Gasteiger partial charge in [0.05, 0.1) is 6.10 Å². The molecule has 4 heteroatoms. The summed E-state index contributed by atoms with van der Waals surface area (Å²) in [5.41, 5.74) is 0. The lowest BCUT2D eigenvalue weighted by molar-refractivity contribution is 0.110. The molecular formula is C9H13NO3. The first-order valence-electron chi connectivity index (χ1n) is 4.07. The molecule has 0 spiro atoms. The number of likely N-dealkylation sites (N-methyl/N-ethyl adjacent to an activating group) is 1. The normalized spacial score (nSPS) is 12.5. The van der Waals surface area contributed by atoms with Crippen molar-refractivity contribution < 1.29 is 14.3 Å². The van der Waals surface area contributed by atoms with Gasteiger partial charge in [-0.2, -0.15) is 0 Å². The van der Waals surface area contributed by atoms with E-state index in [1.165, 1.54) is 0 Å². The molecule has 72 valence electrons. The van der Waals surface area contributed by atoms with E-state index in [0.29, 0.717) is 24.5 Å². The Morgan fingerprint density at radius 3 is 2.85 bits per heavy atom. The second-order valence-electron chi connectivity index (χ2n) is 3.02. The second-order valence-corrected chi connectivity index (χ2v) is 3.02. The number of rotatable bonds is 4. The van der Waals surface area contributed by atoms with Gasteiger partial charge in [0, 0.05) is 19.7 Å². The summed E-state index contributed by atoms with van der Waals surface area (Å²) in [6.45, 7) is 2.17. The number of carbonyl (C=O) groups excluding carboxylic acids is 1. The van der Waals surface area contributed by atoms with Crippen LogP contribution in [0.3, 0.4) is 0 Å². The number of aliphatic hydroxyl groups is 1. The Morgan fingerprint density at radius 1 is 1.69 bits per heavy atom. The summed E-state index contributed by atoms with van der Waals surface area (Å²) in [6.07, 6.45) is 0.231. The molecule has 0 radical (unpaired) electrons. The van der Waals surface area contributed by atoms with Gasteiger partial charge in [-0.15, -0.1) is 0 Å². The highest BCUT2D eigenvalue weighted by molar-refractivity contribution is 5.71. The fraction of sp³-hybridized carbons (Fsp3) is 0.444. The summed E-state index contributed by atoms with van der Waals surface area (Å²) in [6, 6.07) is 3.30. The first kappa shape index (κ1) is 9.80. The third kappa shape index (κ3) is 2.59. The summed E-state index contributed by atoms with van der Waals surface area (Å²) in [4.78, 5) is 12.1. The van der Waals surface area contributed by atoms with E-state index >= 15 is 0 Å². The number of nitrogens with zero attached hydrogens (tertiary/aromatic N) is 1. The first-order chi connectivity index (χ1) is 6.13. The minimum absolute atomic E-state index is 0.299. The molecule has 0 aliphatic heterocycles. The number of hydrogen-bond acceptors (Lipinski definition) is 4. The number of furan rings is 1. The van der Waals surface area contributed by atoms with Crippen molar-refractivity contribution in [3.05, 3.63) is 17.9 Å². The molecular weight excluding hydrogens is 170 g/mol. The molecule has 1 aromatic heterocycles. The zero-order valence-electron chi connectivity index (χ0n) is 7.73. The quantitative estimate of drug-likeness (QED) is 0.705. The predicted molar refractivity (Wildman–Crippen MR) is 49.0 cm³/mol. The van der Waals surface area contributed by atoms with Crippen molar-refractivity contribution in [1.29, 1.82) is 0 Å². The zero-order valence-corrected chi connectivity index (χ0v) is 7.73. The van der Waals surface area contributed by atoms with Crippen molar-refractivity contribution in [3.8, 4) is 0 Å². The van der Waals surface area contributed by atoms with Crippen molar-refractivity contribution in [2.45, 2.75) is 13.0 Å². The molecule has 1 rings (SSSR count). The van der Waals surface area contributed by atoms with Crippen LogP contribution in [0, 0.1) is 0 Å². The lowest BCUT2D eigenvalue weighted by Gasteiger charge is -2.17. The molecule has 0 aliphatic rings. The van der Waals surface area contributed by atoms with Gasteiger partial charge < -0.3 is 14.4 Å². The molecule has 1 aromatic rings. The maximum absolute atomic E-state index is 10.3. The van der Waals surface area contributed by atoms with Gasteiger partial charge in [-0.3, -0.25) is 4.79 Å². The van der Waals surface area contributed by atoms with E-state index in [1.807, 2.05) is 0 Å². The highest BCUT2D eigenvalue weighted by Crippen LogP contribution is 2.15. The van der Waals surface area contributed by atoms with E-state index in [0.717, 1.165) is 0 Å². The van der Waals surface area contributed by atoms with E-state index in [1.54, 1.807) is 31.0 Å². The molecule has 1 heterocycles. The van der Waals surface area contributed by atoms with E-state index in [9.17, 15) is 4.79 Å². The smallest absolute Gasteiger partial charge is 0.196 e. The van der Waals surface area contributed by atoms with Gasteiger partial charge >= 0.3 is 0 Å². The van der Waals surface area contributed by atoms with Crippen LogP contribution in [0.4, 0.5) is 5.88 Å². The SMILES string of the molecule is CC(O)CN(C)c1ccc(C=O)o1. The van der Waals surface area contributed by atoms with Crippen molar-refractivity contribution in [2.24, 2.45) is 0 Å². The van der Waals surface area contributed by atoms with E-state index < -0.39 is 6.10 Å². The van der Waals surface area contributed by atoms with E-state index in [2.05, 4.69) is 0 Å². The maximum atomic E-state index is 10.3. The lowest BCUT2D eigenvalue weighted by atomic mass is 10.4. The molecule has 0 bridgehead atoms. The standard InChI is InChI=1S/C9H13NO3/c1-7(12)5-10(2)9-4-3-8(6-11)13-9/h3-4,6-7,12H,5H2,1-2H3. The van der Waals surface area contributed by atoms with Crippen molar-refractivity contribution in [1.82, 2.24) is 0 Å². The molecule has 1 N–H and O–H groups in total. The third-order valence-corrected chi connectivity index (χ3v) is 1.64. The average Bonchev–Trinajstić information content (AvgIpc) is 2.50. The number of aliphatic hydroxyl groups excluding tert-OH is 1. The Balaban J connectivity index is 2.65. The van der Waals surface area contributed by atoms with Gasteiger partial charge in [0.1, 0.15) is 0 Å². The highest BCUT2D eigenvalue weighted by atomic mass is 16.4. The summed E-state index contributed by atoms with van der Waals surface area (Å²) in [5, 5.41) is 9.10.